The van der Waals surface area contributed by atoms with Crippen LogP contribution in [-0.4, -0.2) is 73.8 Å². The van der Waals surface area contributed by atoms with E-state index in [-0.39, 0.29) is 83.9 Å². The molecule has 24 heteroatoms. The van der Waals surface area contributed by atoms with Gasteiger partial charge in [0.05, 0.1) is 65.5 Å². The van der Waals surface area contributed by atoms with Crippen molar-refractivity contribution in [2.24, 2.45) is 0 Å². The van der Waals surface area contributed by atoms with Crippen LogP contribution in [0.15, 0.2) is 106 Å². The molecule has 4 fully saturated rings. The number of hydrogen-bond acceptors (Lipinski definition) is 13. The third-order valence-corrected chi connectivity index (χ3v) is 16.0. The van der Waals surface area contributed by atoms with Crippen molar-refractivity contribution < 1.29 is 63.7 Å². The van der Waals surface area contributed by atoms with Gasteiger partial charge < -0.3 is 43.8 Å². The number of rotatable bonds is 16. The second kappa shape index (κ2) is 22.0. The van der Waals surface area contributed by atoms with Crippen molar-refractivity contribution in [3.63, 3.8) is 0 Å². The van der Waals surface area contributed by atoms with E-state index in [1.165, 1.54) is 48.8 Å². The van der Waals surface area contributed by atoms with Gasteiger partial charge in [0.1, 0.15) is 90.0 Å². The third kappa shape index (κ3) is 11.2. The maximum atomic E-state index is 13.8. The molecule has 0 bridgehead atoms. The van der Waals surface area contributed by atoms with E-state index in [4.69, 9.17) is 98.3 Å². The number of aliphatic hydroxyl groups is 2. The molecule has 8 aromatic rings. The van der Waals surface area contributed by atoms with E-state index in [0.717, 1.165) is 25.7 Å². The molecule has 16 nitrogen and oxygen atoms in total. The summed E-state index contributed by atoms with van der Waals surface area (Å²) in [5, 5.41) is 50.0. The molecule has 80 heavy (non-hydrogen) atoms. The number of carboxylic acid groups (broad SMARTS) is 2. The van der Waals surface area contributed by atoms with Gasteiger partial charge in [0.15, 0.2) is 5.60 Å². The molecule has 2 saturated carbocycles. The van der Waals surface area contributed by atoms with Crippen LogP contribution in [0, 0.1) is 11.6 Å². The number of nitrogens with one attached hydrogen (secondary N) is 1. The molecule has 2 saturated heterocycles. The topological polar surface area (TPSA) is 219 Å². The molecular formula is C56H45Cl6F2N6O10+. The van der Waals surface area contributed by atoms with Crippen molar-refractivity contribution in [1.29, 1.82) is 0 Å². The van der Waals surface area contributed by atoms with Crippen LogP contribution in [0.4, 0.5) is 20.4 Å². The number of carboxylic acids is 2. The number of ether oxygens (including phenoxy) is 2. The molecule has 0 spiro atoms. The third-order valence-electron chi connectivity index (χ3n) is 14.2. The predicted octanol–water partition coefficient (Wildman–Crippen LogP) is 13.1. The number of aromatic nitrogens is 4. The summed E-state index contributed by atoms with van der Waals surface area (Å²) in [7, 11) is 0. The highest BCUT2D eigenvalue weighted by Crippen LogP contribution is 2.49. The van der Waals surface area contributed by atoms with E-state index in [0.29, 0.717) is 89.5 Å². The number of aromatic carboxylic acids is 2. The quantitative estimate of drug-likeness (QED) is 0.0707. The summed E-state index contributed by atoms with van der Waals surface area (Å²) in [6, 6.07) is 21.0. The standard InChI is InChI=1S/2C28H21Cl3FN3O5.H2/c2*29-20-9-17(4-5-19(20)28(38)12-35(13-28)23-6-3-15(10-33-23)27(36)37)39-11-18-25(34-40-26(18)14-1-2-14)24-21(30)7-16(32)8-22(24)31;/h2*3-10,14,38H,1-2,11-13H2,(H,36,37);1H/p+1. The molecule has 12 rings (SSSR count). The van der Waals surface area contributed by atoms with Crippen LogP contribution in [0.5, 0.6) is 11.5 Å². The zero-order chi connectivity index (χ0) is 56.4. The number of hydrogen-bond donors (Lipinski definition) is 4. The number of aromatic amines is 1. The fraction of sp³-hybridized carbons (Fsp3) is 0.250. The fourth-order valence-corrected chi connectivity index (χ4v) is 11.7. The Morgan fingerprint density at radius 2 is 1.05 bits per heavy atom. The normalized spacial score (nSPS) is 16.1. The first-order valence-corrected chi connectivity index (χ1v) is 27.0. The minimum atomic E-state index is -1.21. The number of carbonyl (C=O) groups is 2. The Hall–Kier alpha value is -6.74. The summed E-state index contributed by atoms with van der Waals surface area (Å²) in [4.78, 5) is 32.9. The van der Waals surface area contributed by atoms with Gasteiger partial charge in [0.25, 0.3) is 5.82 Å². The molecule has 5 N–H and O–H groups in total. The molecule has 0 atom stereocenters. The van der Waals surface area contributed by atoms with Gasteiger partial charge in [-0.05, 0) is 92.4 Å². The summed E-state index contributed by atoms with van der Waals surface area (Å²) < 4.78 is 51.0. The minimum Gasteiger partial charge on any atom is -0.489 e. The van der Waals surface area contributed by atoms with Gasteiger partial charge in [-0.1, -0.05) is 92.1 Å². The lowest BCUT2D eigenvalue weighted by molar-refractivity contribution is -0.366. The van der Waals surface area contributed by atoms with Crippen molar-refractivity contribution in [1.82, 2.24) is 15.3 Å². The molecule has 2 aliphatic heterocycles. The summed E-state index contributed by atoms with van der Waals surface area (Å²) in [5.74, 6) is 0.793. The summed E-state index contributed by atoms with van der Waals surface area (Å²) in [6.07, 6.45) is 6.53. The van der Waals surface area contributed by atoms with Gasteiger partial charge in [0.2, 0.25) is 0 Å². The van der Waals surface area contributed by atoms with Gasteiger partial charge in [-0.3, -0.25) is 4.90 Å². The number of anilines is 2. The Morgan fingerprint density at radius 1 is 0.613 bits per heavy atom. The molecule has 4 aromatic carbocycles. The zero-order valence-electron chi connectivity index (χ0n) is 41.5. The predicted molar refractivity (Wildman–Crippen MR) is 295 cm³/mol. The SMILES string of the molecule is O=C(O)c1ccc(N2CC(O)(c3ccc(OCc4c(-c5c(Cl)cc(F)cc5Cl)noc4C4CC4)cc3Cl)C2)[nH+]c1.O=C(O)c1ccc(N2CC(O)(c3ccc(OCc4c(-c5c(Cl)cc(F)cc5Cl)noc4C4CC4)cc3Cl)C2)nc1.[HH]. The highest BCUT2D eigenvalue weighted by Gasteiger charge is 2.50. The fourth-order valence-electron chi connectivity index (χ4n) is 9.71. The number of β-amino-alcohol motifs (C(OH)–C–C–N with tert-alkyl or cyclic N) is 2. The number of benzene rings is 4. The van der Waals surface area contributed by atoms with Crippen molar-refractivity contribution in [2.75, 3.05) is 36.0 Å². The van der Waals surface area contributed by atoms with E-state index >= 15 is 0 Å². The van der Waals surface area contributed by atoms with Crippen LogP contribution in [0.25, 0.3) is 22.5 Å². The molecule has 4 aromatic heterocycles. The second-order valence-corrected chi connectivity index (χ2v) is 22.3. The maximum absolute atomic E-state index is 13.8. The first kappa shape index (κ1) is 55.2. The Balaban J connectivity index is 0.000000180. The molecular weight excluding hydrogens is 1170 g/mol. The van der Waals surface area contributed by atoms with E-state index in [9.17, 15) is 28.6 Å². The summed E-state index contributed by atoms with van der Waals surface area (Å²) in [6.45, 7) is 1.18. The van der Waals surface area contributed by atoms with Crippen LogP contribution >= 0.6 is 69.6 Å². The van der Waals surface area contributed by atoms with Crippen molar-refractivity contribution in [2.45, 2.75) is 61.9 Å². The molecule has 6 heterocycles. The average Bonchev–Trinajstić information content (AvgIpc) is 4.40. The Kier molecular flexibility index (Phi) is 15.1. The van der Waals surface area contributed by atoms with Gasteiger partial charge in [-0.2, -0.15) is 0 Å². The van der Waals surface area contributed by atoms with Gasteiger partial charge in [0, 0.05) is 47.8 Å². The van der Waals surface area contributed by atoms with Crippen LogP contribution in [0.2, 0.25) is 30.1 Å². The highest BCUT2D eigenvalue weighted by atomic mass is 35.5. The lowest BCUT2D eigenvalue weighted by Gasteiger charge is -2.47. The number of nitrogens with zero attached hydrogens (tertiary/aromatic N) is 5. The van der Waals surface area contributed by atoms with Gasteiger partial charge >= 0.3 is 11.9 Å². The Bertz CT molecular complexity index is 3440. The van der Waals surface area contributed by atoms with Gasteiger partial charge in [-0.15, -0.1) is 0 Å². The number of halogens is 8. The lowest BCUT2D eigenvalue weighted by atomic mass is 9.86. The van der Waals surface area contributed by atoms with E-state index in [1.807, 2.05) is 9.80 Å². The van der Waals surface area contributed by atoms with Crippen LogP contribution in [-0.2, 0) is 24.4 Å². The minimum absolute atomic E-state index is 0. The highest BCUT2D eigenvalue weighted by molar-refractivity contribution is 6.40. The Morgan fingerprint density at radius 3 is 1.43 bits per heavy atom. The van der Waals surface area contributed by atoms with E-state index < -0.39 is 34.8 Å². The van der Waals surface area contributed by atoms with Crippen LogP contribution < -0.4 is 24.3 Å². The lowest BCUT2D eigenvalue weighted by Crippen LogP contribution is -2.60. The van der Waals surface area contributed by atoms with E-state index in [2.05, 4.69) is 20.3 Å². The molecule has 2 aliphatic carbocycles. The van der Waals surface area contributed by atoms with Crippen molar-refractivity contribution >= 4 is 93.2 Å². The van der Waals surface area contributed by atoms with Crippen molar-refractivity contribution in [3.05, 3.63) is 184 Å². The molecule has 4 aliphatic rings. The first-order valence-electron chi connectivity index (χ1n) is 24.8. The first-order chi connectivity index (χ1) is 38.2. The summed E-state index contributed by atoms with van der Waals surface area (Å²) >= 11 is 38.4. The van der Waals surface area contributed by atoms with Crippen LogP contribution in [0.3, 0.4) is 0 Å². The molecule has 0 amide bonds. The van der Waals surface area contributed by atoms with Crippen molar-refractivity contribution in [3.8, 4) is 34.0 Å². The second-order valence-electron chi connectivity index (χ2n) is 19.9. The smallest absolute Gasteiger partial charge is 0.339 e. The average molecular weight is 1210 g/mol. The maximum Gasteiger partial charge on any atom is 0.339 e. The largest absolute Gasteiger partial charge is 0.489 e. The zero-order valence-corrected chi connectivity index (χ0v) is 46.0. The Labute approximate surface area is 485 Å². The van der Waals surface area contributed by atoms with Gasteiger partial charge in [-0.25, -0.2) is 28.3 Å². The molecule has 0 radical (unpaired) electrons. The molecule has 0 unspecified atom stereocenters. The summed E-state index contributed by atoms with van der Waals surface area (Å²) in [5.41, 5.74) is 1.81. The monoisotopic (exact) mass is 1210 g/mol. The van der Waals surface area contributed by atoms with Crippen LogP contribution in [0.1, 0.15) is 93.4 Å². The number of pyridine rings is 2. The number of H-pyrrole nitrogens is 1. The molecule has 414 valence electrons. The van der Waals surface area contributed by atoms with E-state index in [1.54, 1.807) is 48.5 Å².